The molecule has 0 saturated carbocycles. The second-order valence-electron chi connectivity index (χ2n) is 11.1. The standard InChI is InChI=1S/C28H27Cl2FN4O4S/c1-27(2,3)12-19-28(15-8-7-13(29)11-17(15)33-25(28)37)21(14-5-4-6-16(30)22(14)31)24(34-19)39-26(38)35-20-10-9-18(40-20)23(32)36/h4-11,19,21,24,34H,12H2,1-3H3,(H2,32,36)(H,33,37)(H,35,38)/t19-,21-,24+,28+/m0/s1. The summed E-state index contributed by atoms with van der Waals surface area (Å²) in [7, 11) is 0. The van der Waals surface area contributed by atoms with Gasteiger partial charge in [-0.2, -0.15) is 0 Å². The number of fused-ring (bicyclic) bond motifs is 2. The Balaban J connectivity index is 1.63. The third-order valence-electron chi connectivity index (χ3n) is 7.20. The molecule has 1 aromatic heterocycles. The van der Waals surface area contributed by atoms with Gasteiger partial charge in [-0.15, -0.1) is 11.3 Å². The Bertz CT molecular complexity index is 1520. The largest absolute Gasteiger partial charge is 0.429 e. The van der Waals surface area contributed by atoms with Crippen LogP contribution in [0.3, 0.4) is 0 Å². The van der Waals surface area contributed by atoms with Gasteiger partial charge in [0.25, 0.3) is 5.91 Å². The summed E-state index contributed by atoms with van der Waals surface area (Å²) in [6.07, 6.45) is -1.51. The van der Waals surface area contributed by atoms with E-state index in [4.69, 9.17) is 33.7 Å². The number of carbonyl (C=O) groups excluding carboxylic acids is 3. The molecule has 5 rings (SSSR count). The summed E-state index contributed by atoms with van der Waals surface area (Å²) in [5, 5.41) is 9.51. The highest BCUT2D eigenvalue weighted by Gasteiger charge is 2.66. The monoisotopic (exact) mass is 604 g/mol. The lowest BCUT2D eigenvalue weighted by Crippen LogP contribution is -2.49. The number of nitrogens with two attached hydrogens (primary N) is 1. The molecule has 3 heterocycles. The molecule has 2 aromatic carbocycles. The van der Waals surface area contributed by atoms with Crippen LogP contribution < -0.4 is 21.7 Å². The Hall–Kier alpha value is -3.18. The number of hydrogen-bond donors (Lipinski definition) is 4. The summed E-state index contributed by atoms with van der Waals surface area (Å²) in [5.41, 5.74) is 4.93. The van der Waals surface area contributed by atoms with Crippen LogP contribution in [0.25, 0.3) is 0 Å². The van der Waals surface area contributed by atoms with E-state index in [0.717, 1.165) is 11.3 Å². The summed E-state index contributed by atoms with van der Waals surface area (Å²) in [6.45, 7) is 6.09. The predicted molar refractivity (Wildman–Crippen MR) is 154 cm³/mol. The van der Waals surface area contributed by atoms with Gasteiger partial charge in [-0.1, -0.05) is 62.2 Å². The predicted octanol–water partition coefficient (Wildman–Crippen LogP) is 6.25. The average molecular weight is 606 g/mol. The van der Waals surface area contributed by atoms with Gasteiger partial charge >= 0.3 is 6.09 Å². The summed E-state index contributed by atoms with van der Waals surface area (Å²) in [5.74, 6) is -2.71. The maximum Gasteiger partial charge on any atom is 0.413 e. The highest BCUT2D eigenvalue weighted by Crippen LogP contribution is 2.57. The van der Waals surface area contributed by atoms with Gasteiger partial charge in [0, 0.05) is 16.8 Å². The Morgan fingerprint density at radius 3 is 2.60 bits per heavy atom. The molecule has 2 aliphatic heterocycles. The minimum Gasteiger partial charge on any atom is -0.429 e. The minimum atomic E-state index is -1.37. The second-order valence-corrected chi connectivity index (χ2v) is 13.0. The summed E-state index contributed by atoms with van der Waals surface area (Å²) < 4.78 is 21.6. The second kappa shape index (κ2) is 10.3. The Morgan fingerprint density at radius 2 is 1.93 bits per heavy atom. The molecule has 0 radical (unpaired) electrons. The molecule has 0 bridgehead atoms. The van der Waals surface area contributed by atoms with Crippen molar-refractivity contribution in [3.8, 4) is 0 Å². The van der Waals surface area contributed by atoms with Crippen LogP contribution in [0, 0.1) is 11.2 Å². The zero-order chi connectivity index (χ0) is 29.0. The van der Waals surface area contributed by atoms with E-state index in [-0.39, 0.29) is 26.8 Å². The van der Waals surface area contributed by atoms with Crippen LogP contribution >= 0.6 is 34.5 Å². The lowest BCUT2D eigenvalue weighted by Gasteiger charge is -2.37. The molecule has 4 atom stereocenters. The zero-order valence-electron chi connectivity index (χ0n) is 21.8. The Kier molecular flexibility index (Phi) is 7.33. The third kappa shape index (κ3) is 4.94. The van der Waals surface area contributed by atoms with E-state index in [1.807, 2.05) is 20.8 Å². The molecule has 1 saturated heterocycles. The van der Waals surface area contributed by atoms with Gasteiger partial charge in [0.15, 0.2) is 6.23 Å². The number of nitrogens with one attached hydrogen (secondary N) is 3. The molecule has 0 unspecified atom stereocenters. The van der Waals surface area contributed by atoms with Crippen LogP contribution in [-0.4, -0.2) is 30.2 Å². The fraction of sp³-hybridized carbons (Fsp3) is 0.321. The van der Waals surface area contributed by atoms with E-state index in [1.54, 1.807) is 30.3 Å². The molecule has 8 nitrogen and oxygen atoms in total. The van der Waals surface area contributed by atoms with Crippen LogP contribution in [0.5, 0.6) is 0 Å². The number of anilines is 2. The summed E-state index contributed by atoms with van der Waals surface area (Å²) >= 11 is 13.4. The quantitative estimate of drug-likeness (QED) is 0.274. The number of ether oxygens (including phenoxy) is 1. The molecule has 2 aliphatic rings. The van der Waals surface area contributed by atoms with E-state index in [2.05, 4.69) is 16.0 Å². The van der Waals surface area contributed by atoms with Gasteiger partial charge in [0.1, 0.15) is 11.2 Å². The fourth-order valence-corrected chi connectivity index (χ4v) is 6.85. The highest BCUT2D eigenvalue weighted by atomic mass is 35.5. The molecule has 5 N–H and O–H groups in total. The SMILES string of the molecule is CC(C)(C)C[C@@H]1N[C@H](OC(=O)Nc2ccc(C(N)=O)s2)[C@H](c2cccc(Cl)c2F)[C@]12C(=O)Nc1cc(Cl)ccc12. The van der Waals surface area contributed by atoms with Gasteiger partial charge in [-0.05, 0) is 53.3 Å². The van der Waals surface area contributed by atoms with E-state index >= 15 is 4.39 Å². The average Bonchev–Trinajstić information content (AvgIpc) is 3.51. The normalized spacial score (nSPS) is 23.6. The van der Waals surface area contributed by atoms with Crippen molar-refractivity contribution in [1.82, 2.24) is 5.32 Å². The van der Waals surface area contributed by atoms with Crippen molar-refractivity contribution < 1.29 is 23.5 Å². The van der Waals surface area contributed by atoms with E-state index in [1.165, 1.54) is 18.2 Å². The Morgan fingerprint density at radius 1 is 1.18 bits per heavy atom. The van der Waals surface area contributed by atoms with Crippen LogP contribution in [0.15, 0.2) is 48.5 Å². The third-order valence-corrected chi connectivity index (χ3v) is 8.74. The number of amides is 3. The van der Waals surface area contributed by atoms with E-state index < -0.39 is 41.4 Å². The first-order valence-electron chi connectivity index (χ1n) is 12.5. The number of benzene rings is 2. The van der Waals surface area contributed by atoms with Crippen molar-refractivity contribution in [2.75, 3.05) is 10.6 Å². The molecule has 3 amide bonds. The highest BCUT2D eigenvalue weighted by molar-refractivity contribution is 7.18. The maximum atomic E-state index is 15.7. The molecule has 40 heavy (non-hydrogen) atoms. The van der Waals surface area contributed by atoms with Crippen LogP contribution in [0.2, 0.25) is 10.0 Å². The van der Waals surface area contributed by atoms with Crippen molar-refractivity contribution in [2.45, 2.75) is 50.8 Å². The number of primary amides is 1. The van der Waals surface area contributed by atoms with Crippen molar-refractivity contribution in [2.24, 2.45) is 11.1 Å². The van der Waals surface area contributed by atoms with Gasteiger partial charge in [0.2, 0.25) is 5.91 Å². The molecular weight excluding hydrogens is 578 g/mol. The van der Waals surface area contributed by atoms with E-state index in [9.17, 15) is 14.4 Å². The smallest absolute Gasteiger partial charge is 0.413 e. The first kappa shape index (κ1) is 28.4. The molecule has 210 valence electrons. The molecule has 12 heteroatoms. The van der Waals surface area contributed by atoms with Crippen LogP contribution in [-0.2, 0) is 14.9 Å². The number of hydrogen-bond acceptors (Lipinski definition) is 6. The molecule has 1 fully saturated rings. The summed E-state index contributed by atoms with van der Waals surface area (Å²) in [4.78, 5) is 38.9. The topological polar surface area (TPSA) is 123 Å². The van der Waals surface area contributed by atoms with Gasteiger partial charge in [-0.25, -0.2) is 9.18 Å². The number of halogens is 3. The minimum absolute atomic E-state index is 0.123. The first-order valence-corrected chi connectivity index (χ1v) is 14.1. The van der Waals surface area contributed by atoms with Crippen LogP contribution in [0.1, 0.15) is 53.9 Å². The van der Waals surface area contributed by atoms with Gasteiger partial charge in [0.05, 0.1) is 20.8 Å². The van der Waals surface area contributed by atoms with E-state index in [0.29, 0.717) is 27.7 Å². The van der Waals surface area contributed by atoms with Crippen molar-refractivity contribution >= 4 is 63.1 Å². The lowest BCUT2D eigenvalue weighted by atomic mass is 9.63. The van der Waals surface area contributed by atoms with Crippen molar-refractivity contribution in [1.29, 1.82) is 0 Å². The lowest BCUT2D eigenvalue weighted by molar-refractivity contribution is -0.122. The first-order chi connectivity index (χ1) is 18.8. The Labute approximate surface area is 244 Å². The maximum absolute atomic E-state index is 15.7. The fourth-order valence-electron chi connectivity index (χ4n) is 5.75. The number of carbonyl (C=O) groups is 3. The van der Waals surface area contributed by atoms with Crippen molar-refractivity contribution in [3.63, 3.8) is 0 Å². The summed E-state index contributed by atoms with van der Waals surface area (Å²) in [6, 6.07) is 12.1. The molecule has 3 aromatic rings. The molecule has 0 aliphatic carbocycles. The van der Waals surface area contributed by atoms with Gasteiger partial charge in [-0.3, -0.25) is 20.2 Å². The van der Waals surface area contributed by atoms with Crippen LogP contribution in [0.4, 0.5) is 19.9 Å². The number of thiophene rings is 1. The molecular formula is C28H27Cl2FN4O4S. The zero-order valence-corrected chi connectivity index (χ0v) is 24.1. The molecule has 1 spiro atoms. The number of rotatable bonds is 5. The van der Waals surface area contributed by atoms with Gasteiger partial charge < -0.3 is 15.8 Å². The van der Waals surface area contributed by atoms with Crippen molar-refractivity contribution in [3.05, 3.63) is 80.4 Å².